The zero-order chi connectivity index (χ0) is 13.2. The van der Waals surface area contributed by atoms with Crippen molar-refractivity contribution in [3.8, 4) is 0 Å². The molecule has 5 nitrogen and oxygen atoms in total. The Balaban J connectivity index is 2.18. The van der Waals surface area contributed by atoms with E-state index in [1.807, 2.05) is 0 Å². The molecule has 2 heterocycles. The molecule has 1 saturated heterocycles. The summed E-state index contributed by atoms with van der Waals surface area (Å²) in [7, 11) is -3.51. The lowest BCUT2D eigenvalue weighted by atomic mass is 10.1. The summed E-state index contributed by atoms with van der Waals surface area (Å²) in [5.74, 6) is 0.233. The number of nitrogens with zero attached hydrogens (tertiary/aromatic N) is 2. The fourth-order valence-electron chi connectivity index (χ4n) is 2.12. The Morgan fingerprint density at radius 1 is 1.50 bits per heavy atom. The lowest BCUT2D eigenvalue weighted by molar-refractivity contribution is 0.259. The highest BCUT2D eigenvalue weighted by atomic mass is 35.5. The zero-order valence-electron chi connectivity index (χ0n) is 9.79. The molecule has 1 aliphatic heterocycles. The lowest BCUT2D eigenvalue weighted by Gasteiger charge is -2.16. The van der Waals surface area contributed by atoms with Gasteiger partial charge in [0.25, 0.3) is 0 Å². The van der Waals surface area contributed by atoms with Crippen molar-refractivity contribution in [1.82, 2.24) is 9.29 Å². The maximum Gasteiger partial charge on any atom is 0.244 e. The minimum atomic E-state index is -3.51. The standard InChI is InChI=1S/C11H15ClN2O3S/c12-10-5-11(7-13-6-10)18(16,17)14-3-1-9(8-14)2-4-15/h5-7,9,15H,1-4,8H2/t9-/m0/s1. The third kappa shape index (κ3) is 2.83. The number of pyridine rings is 1. The van der Waals surface area contributed by atoms with Crippen molar-refractivity contribution in [2.45, 2.75) is 17.7 Å². The SMILES string of the molecule is O=S(=O)(c1cncc(Cl)c1)N1CC[C@@H](CCO)C1. The second-order valence-corrected chi connectivity index (χ2v) is 6.74. The van der Waals surface area contributed by atoms with E-state index in [-0.39, 0.29) is 17.4 Å². The zero-order valence-corrected chi connectivity index (χ0v) is 11.4. The number of rotatable bonds is 4. The largest absolute Gasteiger partial charge is 0.396 e. The fraction of sp³-hybridized carbons (Fsp3) is 0.545. The molecule has 0 aliphatic carbocycles. The maximum absolute atomic E-state index is 12.3. The van der Waals surface area contributed by atoms with Crippen LogP contribution in [0.1, 0.15) is 12.8 Å². The molecule has 0 unspecified atom stereocenters. The first-order valence-electron chi connectivity index (χ1n) is 5.75. The predicted octanol–water partition coefficient (Wildman–Crippen LogP) is 1.13. The first-order valence-corrected chi connectivity index (χ1v) is 7.57. The van der Waals surface area contributed by atoms with Gasteiger partial charge in [0.1, 0.15) is 4.90 Å². The van der Waals surface area contributed by atoms with Crippen LogP contribution < -0.4 is 0 Å². The maximum atomic E-state index is 12.3. The van der Waals surface area contributed by atoms with Gasteiger partial charge in [-0.2, -0.15) is 4.31 Å². The molecule has 0 aromatic carbocycles. The van der Waals surface area contributed by atoms with E-state index in [0.717, 1.165) is 6.42 Å². The highest BCUT2D eigenvalue weighted by molar-refractivity contribution is 7.89. The molecule has 0 bridgehead atoms. The van der Waals surface area contributed by atoms with Gasteiger partial charge >= 0.3 is 0 Å². The Morgan fingerprint density at radius 3 is 2.94 bits per heavy atom. The van der Waals surface area contributed by atoms with Crippen molar-refractivity contribution in [2.75, 3.05) is 19.7 Å². The van der Waals surface area contributed by atoms with Crippen LogP contribution >= 0.6 is 11.6 Å². The summed E-state index contributed by atoms with van der Waals surface area (Å²) in [5.41, 5.74) is 0. The molecule has 0 amide bonds. The Kier molecular flexibility index (Phi) is 4.21. The first kappa shape index (κ1) is 13.7. The van der Waals surface area contributed by atoms with Gasteiger partial charge in [0.2, 0.25) is 10.0 Å². The van der Waals surface area contributed by atoms with Crippen molar-refractivity contribution < 1.29 is 13.5 Å². The number of aliphatic hydroxyl groups is 1. The normalized spacial score (nSPS) is 21.3. The summed E-state index contributed by atoms with van der Waals surface area (Å²) in [6.45, 7) is 1.03. The minimum Gasteiger partial charge on any atom is -0.396 e. The van der Waals surface area contributed by atoms with E-state index in [1.54, 1.807) is 0 Å². The molecule has 1 atom stereocenters. The van der Waals surface area contributed by atoms with Crippen molar-refractivity contribution in [2.24, 2.45) is 5.92 Å². The van der Waals surface area contributed by atoms with Crippen molar-refractivity contribution >= 4 is 21.6 Å². The van der Waals surface area contributed by atoms with Gasteiger partial charge in [-0.3, -0.25) is 4.98 Å². The summed E-state index contributed by atoms with van der Waals surface area (Å²) in [6.07, 6.45) is 4.13. The average Bonchev–Trinajstić information content (AvgIpc) is 2.79. The van der Waals surface area contributed by atoms with Crippen LogP contribution in [-0.2, 0) is 10.0 Å². The van der Waals surface area contributed by atoms with Crippen molar-refractivity contribution in [1.29, 1.82) is 0 Å². The van der Waals surface area contributed by atoms with Gasteiger partial charge < -0.3 is 5.11 Å². The first-order chi connectivity index (χ1) is 8.54. The van der Waals surface area contributed by atoms with Crippen LogP contribution in [0.15, 0.2) is 23.4 Å². The third-order valence-electron chi connectivity index (χ3n) is 3.10. The Bertz CT molecular complexity index is 521. The number of hydrogen-bond acceptors (Lipinski definition) is 4. The van der Waals surface area contributed by atoms with Gasteiger partial charge in [0.05, 0.1) is 5.02 Å². The molecule has 100 valence electrons. The number of aliphatic hydroxyl groups excluding tert-OH is 1. The molecule has 1 aliphatic rings. The van der Waals surface area contributed by atoms with Crippen LogP contribution in [0, 0.1) is 5.92 Å². The molecule has 18 heavy (non-hydrogen) atoms. The molecule has 1 aromatic heterocycles. The molecule has 1 fully saturated rings. The third-order valence-corrected chi connectivity index (χ3v) is 5.14. The van der Waals surface area contributed by atoms with Gasteiger partial charge in [0, 0.05) is 32.1 Å². The van der Waals surface area contributed by atoms with E-state index in [1.165, 1.54) is 22.8 Å². The second kappa shape index (κ2) is 5.52. The summed E-state index contributed by atoms with van der Waals surface area (Å²) >= 11 is 5.76. The van der Waals surface area contributed by atoms with Gasteiger partial charge in [-0.1, -0.05) is 11.6 Å². The monoisotopic (exact) mass is 290 g/mol. The van der Waals surface area contributed by atoms with Gasteiger partial charge in [0.15, 0.2) is 0 Å². The number of hydrogen-bond donors (Lipinski definition) is 1. The fourth-order valence-corrected chi connectivity index (χ4v) is 3.88. The van der Waals surface area contributed by atoms with Gasteiger partial charge in [-0.25, -0.2) is 8.42 Å². The van der Waals surface area contributed by atoms with Crippen molar-refractivity contribution in [3.05, 3.63) is 23.5 Å². The van der Waals surface area contributed by atoms with E-state index in [0.29, 0.717) is 24.5 Å². The molecule has 2 rings (SSSR count). The van der Waals surface area contributed by atoms with Crippen LogP contribution in [0.2, 0.25) is 5.02 Å². The molecule has 1 aromatic rings. The van der Waals surface area contributed by atoms with Crippen LogP contribution in [0.3, 0.4) is 0 Å². The van der Waals surface area contributed by atoms with E-state index in [2.05, 4.69) is 4.98 Å². The summed E-state index contributed by atoms with van der Waals surface area (Å²) in [4.78, 5) is 3.92. The van der Waals surface area contributed by atoms with Crippen LogP contribution in [0.25, 0.3) is 0 Å². The molecular weight excluding hydrogens is 276 g/mol. The number of sulfonamides is 1. The second-order valence-electron chi connectivity index (χ2n) is 4.37. The van der Waals surface area contributed by atoms with E-state index >= 15 is 0 Å². The quantitative estimate of drug-likeness (QED) is 0.902. The summed E-state index contributed by atoms with van der Waals surface area (Å²) in [5, 5.41) is 9.18. The molecule has 0 saturated carbocycles. The Hall–Kier alpha value is -0.690. The van der Waals surface area contributed by atoms with E-state index in [9.17, 15) is 8.42 Å². The van der Waals surface area contributed by atoms with Gasteiger partial charge in [-0.05, 0) is 24.8 Å². The number of halogens is 1. The molecule has 1 N–H and O–H groups in total. The van der Waals surface area contributed by atoms with E-state index < -0.39 is 10.0 Å². The smallest absolute Gasteiger partial charge is 0.244 e. The average molecular weight is 291 g/mol. The predicted molar refractivity (Wildman–Crippen MR) is 67.8 cm³/mol. The van der Waals surface area contributed by atoms with E-state index in [4.69, 9.17) is 16.7 Å². The Labute approximate surface area is 111 Å². The highest BCUT2D eigenvalue weighted by Gasteiger charge is 2.32. The van der Waals surface area contributed by atoms with Crippen molar-refractivity contribution in [3.63, 3.8) is 0 Å². The van der Waals surface area contributed by atoms with Gasteiger partial charge in [-0.15, -0.1) is 0 Å². The summed E-state index contributed by atoms with van der Waals surface area (Å²) < 4.78 is 26.0. The lowest BCUT2D eigenvalue weighted by Crippen LogP contribution is -2.29. The highest BCUT2D eigenvalue weighted by Crippen LogP contribution is 2.26. The molecule has 0 spiro atoms. The molecular formula is C11H15ClN2O3S. The van der Waals surface area contributed by atoms with Crippen LogP contribution in [-0.4, -0.2) is 42.5 Å². The topological polar surface area (TPSA) is 70.5 Å². The van der Waals surface area contributed by atoms with Crippen LogP contribution in [0.5, 0.6) is 0 Å². The number of aromatic nitrogens is 1. The Morgan fingerprint density at radius 2 is 2.28 bits per heavy atom. The minimum absolute atomic E-state index is 0.0945. The molecule has 0 radical (unpaired) electrons. The molecule has 7 heteroatoms. The summed E-state index contributed by atoms with van der Waals surface area (Å²) in [6, 6.07) is 1.41. The van der Waals surface area contributed by atoms with Crippen LogP contribution in [0.4, 0.5) is 0 Å².